The standard InChI is InChI=1S/C20H20N4O3/c1-14(24-12-6-11-21-24)19(25)22-15-7-5-8-16(13-15)23-20(26)17-9-3-4-10-18(17)27-2/h3-14H,1-2H3,(H,22,25)(H,23,26). The highest BCUT2D eigenvalue weighted by molar-refractivity contribution is 6.06. The molecule has 7 heteroatoms. The summed E-state index contributed by atoms with van der Waals surface area (Å²) in [5, 5.41) is 9.72. The maximum Gasteiger partial charge on any atom is 0.259 e. The maximum atomic E-state index is 12.5. The molecule has 0 spiro atoms. The van der Waals surface area contributed by atoms with Gasteiger partial charge in [0.15, 0.2) is 0 Å². The zero-order valence-corrected chi connectivity index (χ0v) is 15.0. The Kier molecular flexibility index (Phi) is 5.51. The lowest BCUT2D eigenvalue weighted by atomic mass is 10.1. The minimum absolute atomic E-state index is 0.202. The lowest BCUT2D eigenvalue weighted by molar-refractivity contribution is -0.119. The summed E-state index contributed by atoms with van der Waals surface area (Å²) in [5.41, 5.74) is 1.58. The molecule has 1 atom stereocenters. The number of hydrogen-bond donors (Lipinski definition) is 2. The van der Waals surface area contributed by atoms with E-state index in [1.54, 1.807) is 78.6 Å². The van der Waals surface area contributed by atoms with Gasteiger partial charge in [0.2, 0.25) is 5.91 Å². The van der Waals surface area contributed by atoms with E-state index in [0.29, 0.717) is 22.7 Å². The molecule has 0 fully saturated rings. The summed E-state index contributed by atoms with van der Waals surface area (Å²) in [5.74, 6) is 0.000227. The fraction of sp³-hybridized carbons (Fsp3) is 0.150. The minimum Gasteiger partial charge on any atom is -0.496 e. The lowest BCUT2D eigenvalue weighted by Gasteiger charge is -2.14. The van der Waals surface area contributed by atoms with Crippen LogP contribution in [0, 0.1) is 0 Å². The fourth-order valence-electron chi connectivity index (χ4n) is 2.58. The van der Waals surface area contributed by atoms with Crippen molar-refractivity contribution in [2.75, 3.05) is 17.7 Å². The van der Waals surface area contributed by atoms with Crippen LogP contribution in [0.4, 0.5) is 11.4 Å². The van der Waals surface area contributed by atoms with Crippen molar-refractivity contribution >= 4 is 23.2 Å². The molecule has 2 amide bonds. The molecule has 0 saturated carbocycles. The maximum absolute atomic E-state index is 12.5. The highest BCUT2D eigenvalue weighted by atomic mass is 16.5. The molecule has 2 aromatic carbocycles. The molecular formula is C20H20N4O3. The molecule has 0 saturated heterocycles. The first-order valence-electron chi connectivity index (χ1n) is 8.43. The molecule has 3 rings (SSSR count). The van der Waals surface area contributed by atoms with Gasteiger partial charge in [0, 0.05) is 23.8 Å². The summed E-state index contributed by atoms with van der Waals surface area (Å²) in [6, 6.07) is 15.2. The van der Waals surface area contributed by atoms with Gasteiger partial charge in [-0.25, -0.2) is 0 Å². The lowest BCUT2D eigenvalue weighted by Crippen LogP contribution is -2.24. The second-order valence-electron chi connectivity index (χ2n) is 5.89. The number of para-hydroxylation sites is 1. The van der Waals surface area contributed by atoms with Gasteiger partial charge in [-0.2, -0.15) is 5.10 Å². The Morgan fingerprint density at radius 1 is 1.04 bits per heavy atom. The SMILES string of the molecule is COc1ccccc1C(=O)Nc1cccc(NC(=O)C(C)n2cccn2)c1. The number of rotatable bonds is 6. The summed E-state index contributed by atoms with van der Waals surface area (Å²) < 4.78 is 6.79. The predicted molar refractivity (Wildman–Crippen MR) is 103 cm³/mol. The number of nitrogens with one attached hydrogen (secondary N) is 2. The largest absolute Gasteiger partial charge is 0.496 e. The van der Waals surface area contributed by atoms with Gasteiger partial charge in [-0.05, 0) is 43.3 Å². The molecular weight excluding hydrogens is 344 g/mol. The van der Waals surface area contributed by atoms with Crippen molar-refractivity contribution in [3.63, 3.8) is 0 Å². The Labute approximate surface area is 157 Å². The van der Waals surface area contributed by atoms with Gasteiger partial charge in [0.1, 0.15) is 11.8 Å². The molecule has 0 bridgehead atoms. The van der Waals surface area contributed by atoms with E-state index in [1.807, 2.05) is 0 Å². The highest BCUT2D eigenvalue weighted by Gasteiger charge is 2.16. The molecule has 138 valence electrons. The zero-order chi connectivity index (χ0) is 19.2. The fourth-order valence-corrected chi connectivity index (χ4v) is 2.58. The number of nitrogens with zero attached hydrogens (tertiary/aromatic N) is 2. The molecule has 1 aromatic heterocycles. The van der Waals surface area contributed by atoms with Gasteiger partial charge in [-0.15, -0.1) is 0 Å². The van der Waals surface area contributed by atoms with E-state index in [9.17, 15) is 9.59 Å². The van der Waals surface area contributed by atoms with Crippen molar-refractivity contribution < 1.29 is 14.3 Å². The number of carbonyl (C=O) groups excluding carboxylic acids is 2. The molecule has 0 aliphatic heterocycles. The van der Waals surface area contributed by atoms with Gasteiger partial charge >= 0.3 is 0 Å². The number of methoxy groups -OCH3 is 1. The summed E-state index contributed by atoms with van der Waals surface area (Å²) in [6.07, 6.45) is 3.35. The average Bonchev–Trinajstić information content (AvgIpc) is 3.22. The van der Waals surface area contributed by atoms with Crippen LogP contribution in [0.3, 0.4) is 0 Å². The van der Waals surface area contributed by atoms with Crippen molar-refractivity contribution in [1.82, 2.24) is 9.78 Å². The molecule has 3 aromatic rings. The molecule has 0 aliphatic rings. The second kappa shape index (κ2) is 8.18. The van der Waals surface area contributed by atoms with E-state index in [0.717, 1.165) is 0 Å². The van der Waals surface area contributed by atoms with E-state index < -0.39 is 6.04 Å². The molecule has 7 nitrogen and oxygen atoms in total. The number of benzene rings is 2. The highest BCUT2D eigenvalue weighted by Crippen LogP contribution is 2.21. The first-order chi connectivity index (χ1) is 13.1. The van der Waals surface area contributed by atoms with Crippen LogP contribution in [-0.2, 0) is 4.79 Å². The van der Waals surface area contributed by atoms with Crippen molar-refractivity contribution in [1.29, 1.82) is 0 Å². The van der Waals surface area contributed by atoms with E-state index in [1.165, 1.54) is 7.11 Å². The number of carbonyl (C=O) groups is 2. The Morgan fingerprint density at radius 2 is 1.78 bits per heavy atom. The molecule has 2 N–H and O–H groups in total. The topological polar surface area (TPSA) is 85.3 Å². The number of ether oxygens (including phenoxy) is 1. The molecule has 1 heterocycles. The second-order valence-corrected chi connectivity index (χ2v) is 5.89. The summed E-state index contributed by atoms with van der Waals surface area (Å²) >= 11 is 0. The Balaban J connectivity index is 1.70. The Hall–Kier alpha value is -3.61. The average molecular weight is 364 g/mol. The van der Waals surface area contributed by atoms with Crippen LogP contribution in [0.1, 0.15) is 23.3 Å². The van der Waals surface area contributed by atoms with E-state index in [2.05, 4.69) is 15.7 Å². The Bertz CT molecular complexity index is 938. The summed E-state index contributed by atoms with van der Waals surface area (Å²) in [4.78, 5) is 24.9. The van der Waals surface area contributed by atoms with Crippen LogP contribution in [0.5, 0.6) is 5.75 Å². The van der Waals surface area contributed by atoms with Gasteiger partial charge in [0.25, 0.3) is 5.91 Å². The third-order valence-electron chi connectivity index (χ3n) is 4.04. The van der Waals surface area contributed by atoms with Crippen molar-refractivity contribution in [2.24, 2.45) is 0 Å². The van der Waals surface area contributed by atoms with Gasteiger partial charge < -0.3 is 15.4 Å². The number of hydrogen-bond acceptors (Lipinski definition) is 4. The van der Waals surface area contributed by atoms with Gasteiger partial charge in [0.05, 0.1) is 12.7 Å². The Morgan fingerprint density at radius 3 is 2.48 bits per heavy atom. The molecule has 0 radical (unpaired) electrons. The summed E-state index contributed by atoms with van der Waals surface area (Å²) in [6.45, 7) is 1.76. The van der Waals surface area contributed by atoms with Crippen LogP contribution in [-0.4, -0.2) is 28.7 Å². The van der Waals surface area contributed by atoms with Crippen LogP contribution >= 0.6 is 0 Å². The number of amides is 2. The molecule has 0 aliphatic carbocycles. The van der Waals surface area contributed by atoms with Crippen molar-refractivity contribution in [3.05, 3.63) is 72.6 Å². The quantitative estimate of drug-likeness (QED) is 0.702. The number of aromatic nitrogens is 2. The smallest absolute Gasteiger partial charge is 0.259 e. The predicted octanol–water partition coefficient (Wildman–Crippen LogP) is 3.34. The third kappa shape index (κ3) is 4.33. The molecule has 27 heavy (non-hydrogen) atoms. The first kappa shape index (κ1) is 18.2. The normalized spacial score (nSPS) is 11.5. The first-order valence-corrected chi connectivity index (χ1v) is 8.43. The number of anilines is 2. The van der Waals surface area contributed by atoms with Crippen LogP contribution in [0.25, 0.3) is 0 Å². The monoisotopic (exact) mass is 364 g/mol. The van der Waals surface area contributed by atoms with Gasteiger partial charge in [-0.3, -0.25) is 14.3 Å². The van der Waals surface area contributed by atoms with E-state index in [4.69, 9.17) is 4.74 Å². The van der Waals surface area contributed by atoms with Gasteiger partial charge in [-0.1, -0.05) is 18.2 Å². The third-order valence-corrected chi connectivity index (χ3v) is 4.04. The van der Waals surface area contributed by atoms with Crippen LogP contribution in [0.15, 0.2) is 67.0 Å². The minimum atomic E-state index is -0.452. The van der Waals surface area contributed by atoms with Crippen LogP contribution in [0.2, 0.25) is 0 Å². The molecule has 1 unspecified atom stereocenters. The zero-order valence-electron chi connectivity index (χ0n) is 15.0. The summed E-state index contributed by atoms with van der Waals surface area (Å²) in [7, 11) is 1.52. The van der Waals surface area contributed by atoms with Crippen molar-refractivity contribution in [3.8, 4) is 5.75 Å². The van der Waals surface area contributed by atoms with Crippen molar-refractivity contribution in [2.45, 2.75) is 13.0 Å². The van der Waals surface area contributed by atoms with E-state index >= 15 is 0 Å². The van der Waals surface area contributed by atoms with Crippen LogP contribution < -0.4 is 15.4 Å². The van der Waals surface area contributed by atoms with E-state index in [-0.39, 0.29) is 11.8 Å².